The largest absolute Gasteiger partial charge is 0.375 e. The number of nitrogens with one attached hydrogen (secondary N) is 2. The molecule has 0 aromatic heterocycles. The minimum atomic E-state index is -0.334. The first-order valence-corrected chi connectivity index (χ1v) is 7.85. The Labute approximate surface area is 145 Å². The number of aryl methyl sites for hydroxylation is 1. The molecular weight excluding hydrogens is 335 g/mol. The van der Waals surface area contributed by atoms with Crippen molar-refractivity contribution in [1.82, 2.24) is 5.32 Å². The van der Waals surface area contributed by atoms with Gasteiger partial charge in [0.2, 0.25) is 0 Å². The van der Waals surface area contributed by atoms with Crippen LogP contribution in [0.15, 0.2) is 42.5 Å². The van der Waals surface area contributed by atoms with Gasteiger partial charge in [-0.1, -0.05) is 47.5 Å². The summed E-state index contributed by atoms with van der Waals surface area (Å²) in [7, 11) is 1.62. The number of methoxy groups -OCH3 is 1. The third kappa shape index (κ3) is 4.86. The number of carbonyl (C=O) groups excluding carboxylic acids is 1. The van der Waals surface area contributed by atoms with Crippen LogP contribution in [0.2, 0.25) is 10.0 Å². The maximum atomic E-state index is 12.0. The number of amides is 2. The molecule has 2 aromatic rings. The minimum Gasteiger partial charge on any atom is -0.375 e. The van der Waals surface area contributed by atoms with Crippen molar-refractivity contribution in [2.45, 2.75) is 13.0 Å². The van der Waals surface area contributed by atoms with Crippen LogP contribution < -0.4 is 10.6 Å². The van der Waals surface area contributed by atoms with E-state index in [-0.39, 0.29) is 12.1 Å². The van der Waals surface area contributed by atoms with Crippen LogP contribution in [0.25, 0.3) is 0 Å². The number of halogens is 2. The fourth-order valence-electron chi connectivity index (χ4n) is 2.20. The molecule has 0 bridgehead atoms. The molecule has 0 saturated carbocycles. The third-order valence-corrected chi connectivity index (χ3v) is 4.18. The summed E-state index contributed by atoms with van der Waals surface area (Å²) in [6.07, 6.45) is -0.212. The summed E-state index contributed by atoms with van der Waals surface area (Å²) < 4.78 is 5.47. The Morgan fingerprint density at radius 3 is 2.57 bits per heavy atom. The lowest BCUT2D eigenvalue weighted by Crippen LogP contribution is -2.33. The molecule has 0 heterocycles. The number of benzene rings is 2. The Kier molecular flexibility index (Phi) is 6.28. The Hall–Kier alpha value is -1.75. The average Bonchev–Trinajstić information content (AvgIpc) is 2.53. The summed E-state index contributed by atoms with van der Waals surface area (Å²) >= 11 is 11.8. The highest BCUT2D eigenvalue weighted by molar-refractivity contribution is 6.42. The van der Waals surface area contributed by atoms with Gasteiger partial charge in [-0.15, -0.1) is 0 Å². The van der Waals surface area contributed by atoms with Crippen molar-refractivity contribution in [3.05, 3.63) is 63.6 Å². The van der Waals surface area contributed by atoms with E-state index in [2.05, 4.69) is 10.6 Å². The molecule has 6 heteroatoms. The van der Waals surface area contributed by atoms with Gasteiger partial charge >= 0.3 is 6.03 Å². The van der Waals surface area contributed by atoms with Crippen molar-refractivity contribution >= 4 is 34.9 Å². The van der Waals surface area contributed by atoms with Gasteiger partial charge in [0.15, 0.2) is 0 Å². The van der Waals surface area contributed by atoms with Gasteiger partial charge in [-0.3, -0.25) is 0 Å². The number of hydrogen-bond acceptors (Lipinski definition) is 2. The van der Waals surface area contributed by atoms with Gasteiger partial charge in [-0.05, 0) is 36.2 Å². The monoisotopic (exact) mass is 352 g/mol. The van der Waals surface area contributed by atoms with E-state index in [0.29, 0.717) is 22.3 Å². The molecule has 2 aromatic carbocycles. The Bertz CT molecular complexity index is 692. The second-order valence-electron chi connectivity index (χ2n) is 5.04. The summed E-state index contributed by atoms with van der Waals surface area (Å²) in [6, 6.07) is 12.5. The second-order valence-corrected chi connectivity index (χ2v) is 5.86. The van der Waals surface area contributed by atoms with E-state index in [1.54, 1.807) is 25.3 Å². The molecular formula is C17H18Cl2N2O2. The predicted molar refractivity (Wildman–Crippen MR) is 94.4 cm³/mol. The molecule has 0 aliphatic carbocycles. The number of ether oxygens (including phenoxy) is 1. The SMILES string of the molecule is COC(CNC(=O)Nc1ccc(Cl)c(Cl)c1)c1ccccc1C. The van der Waals surface area contributed by atoms with Crippen molar-refractivity contribution in [2.75, 3.05) is 19.0 Å². The van der Waals surface area contributed by atoms with Crippen molar-refractivity contribution in [2.24, 2.45) is 0 Å². The molecule has 0 fully saturated rings. The number of carbonyl (C=O) groups is 1. The molecule has 0 saturated heterocycles. The normalized spacial score (nSPS) is 11.8. The van der Waals surface area contributed by atoms with Crippen molar-refractivity contribution in [3.8, 4) is 0 Å². The van der Waals surface area contributed by atoms with Crippen molar-refractivity contribution < 1.29 is 9.53 Å². The van der Waals surface area contributed by atoms with Gasteiger partial charge in [0.05, 0.1) is 16.1 Å². The number of hydrogen-bond donors (Lipinski definition) is 2. The maximum Gasteiger partial charge on any atom is 0.319 e. The van der Waals surface area contributed by atoms with Crippen LogP contribution in [0.3, 0.4) is 0 Å². The minimum absolute atomic E-state index is 0.212. The molecule has 0 aliphatic heterocycles. The lowest BCUT2D eigenvalue weighted by atomic mass is 10.0. The summed E-state index contributed by atoms with van der Waals surface area (Å²) in [5, 5.41) is 6.33. The number of urea groups is 1. The van der Waals surface area contributed by atoms with Gasteiger partial charge in [0, 0.05) is 19.3 Å². The first-order chi connectivity index (χ1) is 11.0. The molecule has 2 rings (SSSR count). The fourth-order valence-corrected chi connectivity index (χ4v) is 2.50. The van der Waals surface area contributed by atoms with Gasteiger partial charge in [-0.25, -0.2) is 4.79 Å². The standard InChI is InChI=1S/C17H18Cl2N2O2/c1-11-5-3-4-6-13(11)16(23-2)10-20-17(22)21-12-7-8-14(18)15(19)9-12/h3-9,16H,10H2,1-2H3,(H2,20,21,22). The van der Waals surface area contributed by atoms with E-state index in [1.807, 2.05) is 31.2 Å². The Morgan fingerprint density at radius 2 is 1.91 bits per heavy atom. The molecule has 2 N–H and O–H groups in total. The topological polar surface area (TPSA) is 50.4 Å². The van der Waals surface area contributed by atoms with Crippen LogP contribution in [0, 0.1) is 6.92 Å². The van der Waals surface area contributed by atoms with Crippen LogP contribution in [0.5, 0.6) is 0 Å². The van der Waals surface area contributed by atoms with E-state index in [0.717, 1.165) is 11.1 Å². The van der Waals surface area contributed by atoms with E-state index < -0.39 is 0 Å². The smallest absolute Gasteiger partial charge is 0.319 e. The van der Waals surface area contributed by atoms with E-state index in [1.165, 1.54) is 0 Å². The summed E-state index contributed by atoms with van der Waals surface area (Å²) in [5.74, 6) is 0. The van der Waals surface area contributed by atoms with Crippen LogP contribution >= 0.6 is 23.2 Å². The maximum absolute atomic E-state index is 12.0. The molecule has 122 valence electrons. The van der Waals surface area contributed by atoms with Crippen molar-refractivity contribution in [1.29, 1.82) is 0 Å². The van der Waals surface area contributed by atoms with Crippen LogP contribution in [0.1, 0.15) is 17.2 Å². The molecule has 4 nitrogen and oxygen atoms in total. The lowest BCUT2D eigenvalue weighted by Gasteiger charge is -2.18. The predicted octanol–water partition coefficient (Wildman–Crippen LogP) is 4.81. The first-order valence-electron chi connectivity index (χ1n) is 7.09. The zero-order valence-corrected chi connectivity index (χ0v) is 14.4. The Balaban J connectivity index is 1.94. The van der Waals surface area contributed by atoms with Crippen LogP contribution in [-0.2, 0) is 4.74 Å². The fraction of sp³-hybridized carbons (Fsp3) is 0.235. The summed E-state index contributed by atoms with van der Waals surface area (Å²) in [4.78, 5) is 12.0. The molecule has 1 unspecified atom stereocenters. The highest BCUT2D eigenvalue weighted by atomic mass is 35.5. The third-order valence-electron chi connectivity index (χ3n) is 3.45. The molecule has 0 spiro atoms. The zero-order chi connectivity index (χ0) is 16.8. The highest BCUT2D eigenvalue weighted by Crippen LogP contribution is 2.25. The lowest BCUT2D eigenvalue weighted by molar-refractivity contribution is 0.104. The van der Waals surface area contributed by atoms with E-state index in [9.17, 15) is 4.79 Å². The van der Waals surface area contributed by atoms with Crippen LogP contribution in [-0.4, -0.2) is 19.7 Å². The van der Waals surface area contributed by atoms with E-state index in [4.69, 9.17) is 27.9 Å². The van der Waals surface area contributed by atoms with Gasteiger partial charge in [-0.2, -0.15) is 0 Å². The average molecular weight is 353 g/mol. The van der Waals surface area contributed by atoms with Gasteiger partial charge in [0.1, 0.15) is 0 Å². The van der Waals surface area contributed by atoms with Gasteiger partial charge < -0.3 is 15.4 Å². The van der Waals surface area contributed by atoms with Crippen LogP contribution in [0.4, 0.5) is 10.5 Å². The van der Waals surface area contributed by atoms with E-state index >= 15 is 0 Å². The number of rotatable bonds is 5. The zero-order valence-electron chi connectivity index (χ0n) is 12.9. The van der Waals surface area contributed by atoms with Gasteiger partial charge in [0.25, 0.3) is 0 Å². The van der Waals surface area contributed by atoms with Crippen molar-refractivity contribution in [3.63, 3.8) is 0 Å². The molecule has 0 aliphatic rings. The highest BCUT2D eigenvalue weighted by Gasteiger charge is 2.14. The first kappa shape index (κ1) is 17.6. The molecule has 1 atom stereocenters. The molecule has 2 amide bonds. The molecule has 0 radical (unpaired) electrons. The number of anilines is 1. The molecule has 23 heavy (non-hydrogen) atoms. The quantitative estimate of drug-likeness (QED) is 0.810. The summed E-state index contributed by atoms with van der Waals surface area (Å²) in [5.41, 5.74) is 2.73. The summed E-state index contributed by atoms with van der Waals surface area (Å²) in [6.45, 7) is 2.37. The Morgan fingerprint density at radius 1 is 1.17 bits per heavy atom. The second kappa shape index (κ2) is 8.20.